The number of hydrogen-bond acceptors (Lipinski definition) is 26. The zero-order valence-corrected chi connectivity index (χ0v) is 88.0. The van der Waals surface area contributed by atoms with E-state index in [1.807, 2.05) is 83.9 Å². The summed E-state index contributed by atoms with van der Waals surface area (Å²) >= 11 is 4.72. The van der Waals surface area contributed by atoms with Crippen molar-refractivity contribution in [3.05, 3.63) is 0 Å². The SMILES string of the molecule is C.CC(C)(C)OC(=O)N1CCC2(CC(=O)C2)C1.CC(C)CN.CC(C)O.CC(C)O.CC(C)O.CC(C)O.CCCC(=O)C1CCN(C2CC3(CCN(C(=O)OCC)C3)C2)CC1.CCOC(=O)C1CCN(C2CC3(CCN(C(=O)OC(C)(C)C)C3)C2)CC1.CCOC(=O)C1CCNCC1.CCOC(=O)Cl.CCOC(=O)N1CCC2(CC(N3CCC(C(=O)NCC(C)C)CC3)C2)C1.[Ti]. The van der Waals surface area contributed by atoms with Gasteiger partial charge in [0.05, 0.1) is 44.9 Å². The second-order valence-corrected chi connectivity index (χ2v) is 41.9. The Morgan fingerprint density at radius 2 is 0.712 bits per heavy atom. The van der Waals surface area contributed by atoms with E-state index in [2.05, 4.69) is 64.7 Å². The molecule has 12 aliphatic rings. The fourth-order valence-corrected chi connectivity index (χ4v) is 18.4. The van der Waals surface area contributed by atoms with Crippen LogP contribution in [0.1, 0.15) is 315 Å². The molecule has 132 heavy (non-hydrogen) atoms. The fraction of sp³-hybridized carbons (Fsp3) is 0.899. The second kappa shape index (κ2) is 64.2. The van der Waals surface area contributed by atoms with Gasteiger partial charge in [-0.25, -0.2) is 24.0 Å². The number of hydrogen-bond donors (Lipinski definition) is 7. The molecular formula is C99H187ClN10O21Ti. The topological polar surface area (TPSA) is 389 Å². The molecule has 33 heteroatoms. The number of halogens is 1. The molecule has 0 radical (unpaired) electrons. The van der Waals surface area contributed by atoms with Crippen molar-refractivity contribution in [3.63, 3.8) is 0 Å². The third kappa shape index (κ3) is 50.0. The number of nitrogens with zero attached hydrogens (tertiary/aromatic N) is 7. The van der Waals surface area contributed by atoms with Crippen LogP contribution in [0.4, 0.5) is 24.0 Å². The molecule has 4 saturated carbocycles. The van der Waals surface area contributed by atoms with Gasteiger partial charge in [0, 0.05) is 171 Å². The molecule has 4 aliphatic carbocycles. The number of nitrogens with two attached hydrogens (primary N) is 1. The average molecular weight is 1940 g/mol. The van der Waals surface area contributed by atoms with Crippen molar-refractivity contribution in [3.8, 4) is 0 Å². The van der Waals surface area contributed by atoms with Crippen LogP contribution in [-0.4, -0.2) is 319 Å². The first-order valence-corrected chi connectivity index (χ1v) is 49.8. The van der Waals surface area contributed by atoms with E-state index >= 15 is 0 Å². The molecule has 31 nitrogen and oxygen atoms in total. The quantitative estimate of drug-likeness (QED) is 0.0308. The van der Waals surface area contributed by atoms with Gasteiger partial charge in [-0.3, -0.25) is 24.0 Å². The van der Waals surface area contributed by atoms with Crippen molar-refractivity contribution in [1.29, 1.82) is 0 Å². The summed E-state index contributed by atoms with van der Waals surface area (Å²) in [5.74, 6) is 2.88. The molecule has 0 aromatic rings. The van der Waals surface area contributed by atoms with Crippen molar-refractivity contribution < 1.29 is 123 Å². The van der Waals surface area contributed by atoms with Gasteiger partial charge < -0.3 is 104 Å². The minimum Gasteiger partial charge on any atom is -0.466 e. The predicted molar refractivity (Wildman–Crippen MR) is 517 cm³/mol. The van der Waals surface area contributed by atoms with Crippen LogP contribution >= 0.6 is 11.6 Å². The predicted octanol–water partition coefficient (Wildman–Crippen LogP) is 15.3. The largest absolute Gasteiger partial charge is 0.466 e. The molecule has 12 fully saturated rings. The molecule has 8 N–H and O–H groups in total. The average Bonchev–Trinajstić information content (AvgIpc) is 1.57. The number of piperidine rings is 4. The maximum atomic E-state index is 12.3. The van der Waals surface area contributed by atoms with Crippen molar-refractivity contribution in [2.75, 3.05) is 151 Å². The minimum absolute atomic E-state index is 0. The number of amides is 5. The molecule has 0 unspecified atom stereocenters. The van der Waals surface area contributed by atoms with E-state index in [9.17, 15) is 47.9 Å². The van der Waals surface area contributed by atoms with Crippen LogP contribution in [0, 0.1) is 57.2 Å². The van der Waals surface area contributed by atoms with Crippen LogP contribution in [0.15, 0.2) is 0 Å². The van der Waals surface area contributed by atoms with Gasteiger partial charge in [-0.2, -0.15) is 0 Å². The van der Waals surface area contributed by atoms with Crippen molar-refractivity contribution in [2.45, 2.75) is 369 Å². The van der Waals surface area contributed by atoms with Crippen LogP contribution < -0.4 is 16.4 Å². The maximum absolute atomic E-state index is 12.3. The fourth-order valence-electron chi connectivity index (χ4n) is 18.3. The van der Waals surface area contributed by atoms with Crippen LogP contribution in [0.3, 0.4) is 0 Å². The number of Topliss-reactive ketones (excluding diaryl/α,β-unsaturated/α-hetero) is 2. The molecule has 0 aromatic carbocycles. The Morgan fingerprint density at radius 1 is 0.432 bits per heavy atom. The summed E-state index contributed by atoms with van der Waals surface area (Å²) in [4.78, 5) is 131. The molecule has 0 bridgehead atoms. The molecule has 770 valence electrons. The van der Waals surface area contributed by atoms with Crippen LogP contribution in [0.25, 0.3) is 0 Å². The second-order valence-electron chi connectivity index (χ2n) is 41.6. The number of aliphatic hydroxyl groups is 4. The number of carbonyl (C=O) groups excluding carboxylic acids is 10. The molecule has 8 heterocycles. The number of esters is 2. The van der Waals surface area contributed by atoms with Crippen LogP contribution in [0.2, 0.25) is 0 Å². The molecule has 0 atom stereocenters. The van der Waals surface area contributed by atoms with Gasteiger partial charge in [-0.05, 0) is 341 Å². The number of rotatable bonds is 17. The first-order chi connectivity index (χ1) is 60.8. The summed E-state index contributed by atoms with van der Waals surface area (Å²) in [6.45, 7) is 63.1. The van der Waals surface area contributed by atoms with E-state index in [1.165, 1.54) is 25.7 Å². The van der Waals surface area contributed by atoms with Crippen molar-refractivity contribution in [2.24, 2.45) is 62.9 Å². The van der Waals surface area contributed by atoms with E-state index in [-0.39, 0.29) is 119 Å². The number of aliphatic hydroxyl groups excluding tert-OH is 4. The molecular weight excluding hydrogens is 1750 g/mol. The Hall–Kier alpha value is -5.06. The van der Waals surface area contributed by atoms with E-state index in [0.29, 0.717) is 116 Å². The van der Waals surface area contributed by atoms with E-state index in [0.717, 1.165) is 214 Å². The number of likely N-dealkylation sites (tertiary alicyclic amines) is 7. The van der Waals surface area contributed by atoms with Gasteiger partial charge in [-0.15, -0.1) is 0 Å². The Labute approximate surface area is 816 Å². The molecule has 0 aromatic heterocycles. The van der Waals surface area contributed by atoms with Crippen molar-refractivity contribution >= 4 is 70.8 Å². The summed E-state index contributed by atoms with van der Waals surface area (Å²) in [6.07, 6.45) is 20.7. The number of ether oxygens (including phenoxy) is 7. The third-order valence-corrected chi connectivity index (χ3v) is 24.8. The smallest absolute Gasteiger partial charge is 0.410 e. The summed E-state index contributed by atoms with van der Waals surface area (Å²) in [5.41, 5.74) is 4.60. The van der Waals surface area contributed by atoms with Crippen LogP contribution in [0.5, 0.6) is 0 Å². The summed E-state index contributed by atoms with van der Waals surface area (Å²) in [5, 5.41) is 38.5. The van der Waals surface area contributed by atoms with E-state index < -0.39 is 16.6 Å². The monoisotopic (exact) mass is 1940 g/mol. The Balaban J connectivity index is 0.00000153. The first kappa shape index (κ1) is 127. The molecule has 5 amide bonds. The molecule has 4 spiro atoms. The maximum Gasteiger partial charge on any atom is 0.410 e. The molecule has 8 aliphatic heterocycles. The summed E-state index contributed by atoms with van der Waals surface area (Å²) < 4.78 is 35.3. The zero-order valence-electron chi connectivity index (χ0n) is 85.6. The van der Waals surface area contributed by atoms with Gasteiger partial charge in [-0.1, -0.05) is 42.0 Å². The zero-order chi connectivity index (χ0) is 98.5. The number of carbonyl (C=O) groups is 10. The Morgan fingerprint density at radius 3 is 0.977 bits per heavy atom. The summed E-state index contributed by atoms with van der Waals surface area (Å²) in [7, 11) is 0. The van der Waals surface area contributed by atoms with Crippen molar-refractivity contribution in [1.82, 2.24) is 44.9 Å². The first-order valence-electron chi connectivity index (χ1n) is 49.4. The number of nitrogens with one attached hydrogen (secondary N) is 2. The minimum atomic E-state index is -0.738. The summed E-state index contributed by atoms with van der Waals surface area (Å²) in [6, 6.07) is 1.91. The van der Waals surface area contributed by atoms with Gasteiger partial charge in [0.15, 0.2) is 0 Å². The van der Waals surface area contributed by atoms with Gasteiger partial charge in [0.25, 0.3) is 0 Å². The molecule has 8 saturated heterocycles. The van der Waals surface area contributed by atoms with Gasteiger partial charge in [0.1, 0.15) is 22.8 Å². The third-order valence-electron chi connectivity index (χ3n) is 24.7. The van der Waals surface area contributed by atoms with E-state index in [4.69, 9.17) is 66.2 Å². The normalized spacial score (nSPS) is 23.8. The standard InChI is InChI=1S/C20H35N3O3.C20H34N2O4.C19H32N2O3.C12H19NO3.C8H15NO2.C4H11N.C3H5ClO2.4C3H8O.CH4.Ti/c1-4-26-19(25)23-10-7-20(14-23)11-17(12-20)22-8-5-16(6-9-22)18(24)21-13-15(2)3;1-5-25-17(23)15-6-9-21(10-7-15)16-12-20(13-16)8-11-22(14-20)18(24)26-19(2,3)4;1-3-5-17(22)15-6-9-20(10-7-15)16-12-19(13-16)8-11-21(14-19)18(23)24-4-2;1-11(2,3)16-10(15)13-5-4-12(8-13)6-9(14)7-12;1-2-11-8(10)7-3-5-9-6-4-7;1-4(2)3-5;1-2-6-3(4)5;4*1-3(2)4;;/h15-17H,4-14H2,1-3H3,(H,21,24);15-16H,5-14H2,1-4H3;15-16H,3-14H2,1-2H3;4-8H2,1-3H3;7,9H,2-6H2,1H3;4H,3,5H2,1-2H3;2H2,1H3;4*3-4H,1-2H3;1H4;. The Kier molecular flexibility index (Phi) is 61.8. The van der Waals surface area contributed by atoms with E-state index in [1.54, 1.807) is 67.2 Å². The number of ketones is 2. The molecule has 12 rings (SSSR count). The van der Waals surface area contributed by atoms with Gasteiger partial charge in [0.2, 0.25) is 5.91 Å². The Bertz CT molecular complexity index is 3220. The van der Waals surface area contributed by atoms with Gasteiger partial charge >= 0.3 is 41.7 Å². The van der Waals surface area contributed by atoms with Crippen LogP contribution in [-0.2, 0) is 78.8 Å².